The minimum Gasteiger partial charge on any atom is -0.480 e. The highest BCUT2D eigenvalue weighted by atomic mass is 16.4. The molecule has 1 aliphatic heterocycles. The molecule has 1 rings (SSSR count). The molecule has 29 heavy (non-hydrogen) atoms. The van der Waals surface area contributed by atoms with Crippen LogP contribution in [0.2, 0.25) is 0 Å². The Hall–Kier alpha value is -2.65. The molecule has 0 aromatic heterocycles. The van der Waals surface area contributed by atoms with Gasteiger partial charge in [0, 0.05) is 13.5 Å². The van der Waals surface area contributed by atoms with E-state index in [0.29, 0.717) is 19.4 Å². The highest BCUT2D eigenvalue weighted by Gasteiger charge is 2.37. The van der Waals surface area contributed by atoms with E-state index in [2.05, 4.69) is 16.0 Å². The molecule has 0 aliphatic carbocycles. The summed E-state index contributed by atoms with van der Waals surface area (Å²) in [5.41, 5.74) is 0. The molecule has 0 bridgehead atoms. The van der Waals surface area contributed by atoms with Crippen molar-refractivity contribution >= 4 is 29.6 Å². The molecular formula is C19H32N4O6. The van der Waals surface area contributed by atoms with Gasteiger partial charge in [-0.25, -0.2) is 4.79 Å². The molecule has 0 radical (unpaired) electrons. The molecular weight excluding hydrogens is 380 g/mol. The first-order valence-electron chi connectivity index (χ1n) is 9.85. The van der Waals surface area contributed by atoms with Crippen molar-refractivity contribution in [1.29, 1.82) is 0 Å². The van der Waals surface area contributed by atoms with Crippen molar-refractivity contribution in [3.63, 3.8) is 0 Å². The van der Waals surface area contributed by atoms with Gasteiger partial charge >= 0.3 is 5.97 Å². The minimum absolute atomic E-state index is 0.0740. The average Bonchev–Trinajstić information content (AvgIpc) is 3.08. The molecule has 0 aromatic carbocycles. The van der Waals surface area contributed by atoms with Crippen LogP contribution in [0.3, 0.4) is 0 Å². The van der Waals surface area contributed by atoms with Gasteiger partial charge in [-0.2, -0.15) is 0 Å². The highest BCUT2D eigenvalue weighted by Crippen LogP contribution is 2.19. The van der Waals surface area contributed by atoms with E-state index in [4.69, 9.17) is 0 Å². The number of hydrogen-bond acceptors (Lipinski definition) is 5. The third-order valence-electron chi connectivity index (χ3n) is 4.70. The number of amides is 4. The van der Waals surface area contributed by atoms with Crippen molar-refractivity contribution < 1.29 is 29.1 Å². The maximum atomic E-state index is 12.6. The van der Waals surface area contributed by atoms with Crippen LogP contribution in [-0.2, 0) is 24.0 Å². The van der Waals surface area contributed by atoms with E-state index in [1.165, 1.54) is 18.7 Å². The van der Waals surface area contributed by atoms with E-state index in [1.807, 2.05) is 13.8 Å². The lowest BCUT2D eigenvalue weighted by Crippen LogP contribution is -2.56. The van der Waals surface area contributed by atoms with Crippen LogP contribution in [0.25, 0.3) is 0 Å². The molecule has 1 heterocycles. The van der Waals surface area contributed by atoms with Gasteiger partial charge in [0.1, 0.15) is 24.2 Å². The molecule has 4 atom stereocenters. The summed E-state index contributed by atoms with van der Waals surface area (Å²) in [6, 6.07) is -3.49. The summed E-state index contributed by atoms with van der Waals surface area (Å²) in [4.78, 5) is 61.3. The lowest BCUT2D eigenvalue weighted by Gasteiger charge is -2.28. The van der Waals surface area contributed by atoms with Crippen LogP contribution >= 0.6 is 0 Å². The van der Waals surface area contributed by atoms with E-state index in [0.717, 1.165) is 0 Å². The maximum Gasteiger partial charge on any atom is 0.326 e. The SMILES string of the molecule is CC(=O)NC(C)C(=O)N1CCCC1C(=O)NC(C)C(=O)NC(CC(C)C)C(=O)O. The number of likely N-dealkylation sites (tertiary alicyclic amines) is 1. The Kier molecular flexibility index (Phi) is 9.06. The topological polar surface area (TPSA) is 145 Å². The molecule has 1 saturated heterocycles. The zero-order valence-corrected chi connectivity index (χ0v) is 17.7. The van der Waals surface area contributed by atoms with Crippen LogP contribution in [0, 0.1) is 5.92 Å². The maximum absolute atomic E-state index is 12.6. The summed E-state index contributed by atoms with van der Waals surface area (Å²) < 4.78 is 0. The van der Waals surface area contributed by atoms with E-state index in [1.54, 1.807) is 6.92 Å². The number of rotatable bonds is 9. The Morgan fingerprint density at radius 2 is 1.62 bits per heavy atom. The average molecular weight is 412 g/mol. The van der Waals surface area contributed by atoms with Crippen LogP contribution in [0.1, 0.15) is 53.9 Å². The van der Waals surface area contributed by atoms with Crippen LogP contribution in [-0.4, -0.2) is 70.3 Å². The van der Waals surface area contributed by atoms with E-state index >= 15 is 0 Å². The second-order valence-corrected chi connectivity index (χ2v) is 7.87. The van der Waals surface area contributed by atoms with Gasteiger partial charge in [0.15, 0.2) is 0 Å². The van der Waals surface area contributed by atoms with Crippen molar-refractivity contribution in [1.82, 2.24) is 20.9 Å². The predicted molar refractivity (Wildman–Crippen MR) is 105 cm³/mol. The first kappa shape index (κ1) is 24.4. The lowest BCUT2D eigenvalue weighted by atomic mass is 10.0. The minimum atomic E-state index is -1.13. The monoisotopic (exact) mass is 412 g/mol. The fourth-order valence-electron chi connectivity index (χ4n) is 3.28. The number of carboxylic acid groups (broad SMARTS) is 1. The largest absolute Gasteiger partial charge is 0.480 e. The van der Waals surface area contributed by atoms with Gasteiger partial charge in [0.25, 0.3) is 0 Å². The van der Waals surface area contributed by atoms with Gasteiger partial charge in [-0.3, -0.25) is 19.2 Å². The summed E-state index contributed by atoms with van der Waals surface area (Å²) in [5, 5.41) is 16.7. The van der Waals surface area contributed by atoms with Crippen molar-refractivity contribution in [3.05, 3.63) is 0 Å². The molecule has 10 heteroatoms. The molecule has 10 nitrogen and oxygen atoms in total. The summed E-state index contributed by atoms with van der Waals surface area (Å²) in [6.45, 7) is 8.40. The van der Waals surface area contributed by atoms with Crippen LogP contribution in [0.5, 0.6) is 0 Å². The van der Waals surface area contributed by atoms with Crippen molar-refractivity contribution in [3.8, 4) is 0 Å². The smallest absolute Gasteiger partial charge is 0.326 e. The number of hydrogen-bond donors (Lipinski definition) is 4. The lowest BCUT2D eigenvalue weighted by molar-refractivity contribution is -0.143. The van der Waals surface area contributed by atoms with Crippen LogP contribution < -0.4 is 16.0 Å². The standard InChI is InChI=1S/C19H32N4O6/c1-10(2)9-14(19(28)29)22-16(25)11(3)21-17(26)15-7-6-8-23(15)18(27)12(4)20-13(5)24/h10-12,14-15H,6-9H2,1-5H3,(H,20,24)(H,21,26)(H,22,25)(H,28,29). The summed E-state index contributed by atoms with van der Waals surface area (Å²) in [6.07, 6.45) is 1.35. The Morgan fingerprint density at radius 3 is 2.14 bits per heavy atom. The van der Waals surface area contributed by atoms with Crippen molar-refractivity contribution in [2.24, 2.45) is 5.92 Å². The number of aliphatic carboxylic acids is 1. The molecule has 1 fully saturated rings. The van der Waals surface area contributed by atoms with Crippen LogP contribution in [0.4, 0.5) is 0 Å². The Morgan fingerprint density at radius 1 is 1.00 bits per heavy atom. The first-order chi connectivity index (χ1) is 13.4. The van der Waals surface area contributed by atoms with Gasteiger partial charge in [0.2, 0.25) is 23.6 Å². The van der Waals surface area contributed by atoms with Gasteiger partial charge in [-0.1, -0.05) is 13.8 Å². The molecule has 0 saturated carbocycles. The van der Waals surface area contributed by atoms with Crippen molar-refractivity contribution in [2.75, 3.05) is 6.54 Å². The number of nitrogens with zero attached hydrogens (tertiary/aromatic N) is 1. The molecule has 4 N–H and O–H groups in total. The van der Waals surface area contributed by atoms with E-state index in [9.17, 15) is 29.1 Å². The van der Waals surface area contributed by atoms with Gasteiger partial charge in [0.05, 0.1) is 0 Å². The first-order valence-corrected chi connectivity index (χ1v) is 9.85. The molecule has 0 aromatic rings. The number of carboxylic acids is 1. The molecule has 164 valence electrons. The summed E-state index contributed by atoms with van der Waals surface area (Å²) in [5.74, 6) is -2.85. The van der Waals surface area contributed by atoms with E-state index in [-0.39, 0.29) is 24.2 Å². The molecule has 4 amide bonds. The number of nitrogens with one attached hydrogen (secondary N) is 3. The number of carbonyl (C=O) groups excluding carboxylic acids is 4. The van der Waals surface area contributed by atoms with Gasteiger partial charge < -0.3 is 26.0 Å². The Balaban J connectivity index is 2.70. The number of carbonyl (C=O) groups is 5. The highest BCUT2D eigenvalue weighted by molar-refractivity contribution is 5.94. The third kappa shape index (κ3) is 7.35. The Bertz CT molecular complexity index is 651. The van der Waals surface area contributed by atoms with Gasteiger partial charge in [-0.15, -0.1) is 0 Å². The fraction of sp³-hybridized carbons (Fsp3) is 0.737. The zero-order valence-electron chi connectivity index (χ0n) is 17.7. The predicted octanol–water partition coefficient (Wildman–Crippen LogP) is -0.378. The van der Waals surface area contributed by atoms with Crippen LogP contribution in [0.15, 0.2) is 0 Å². The normalized spacial score (nSPS) is 19.2. The summed E-state index contributed by atoms with van der Waals surface area (Å²) in [7, 11) is 0. The summed E-state index contributed by atoms with van der Waals surface area (Å²) >= 11 is 0. The molecule has 1 aliphatic rings. The zero-order chi connectivity index (χ0) is 22.3. The second-order valence-electron chi connectivity index (χ2n) is 7.87. The molecule has 0 spiro atoms. The third-order valence-corrected chi connectivity index (χ3v) is 4.70. The second kappa shape index (κ2) is 10.8. The van der Waals surface area contributed by atoms with Gasteiger partial charge in [-0.05, 0) is 39.0 Å². The van der Waals surface area contributed by atoms with E-state index < -0.39 is 42.0 Å². The fourth-order valence-corrected chi connectivity index (χ4v) is 3.28. The van der Waals surface area contributed by atoms with Crippen molar-refractivity contribution in [2.45, 2.75) is 78.0 Å². The quantitative estimate of drug-likeness (QED) is 0.406. The molecule has 4 unspecified atom stereocenters. The Labute approximate surface area is 170 Å².